The van der Waals surface area contributed by atoms with Gasteiger partial charge in [-0.3, -0.25) is 9.59 Å². The Morgan fingerprint density at radius 2 is 1.92 bits per heavy atom. The molecule has 134 valence electrons. The molecule has 0 aliphatic carbocycles. The minimum Gasteiger partial charge on any atom is -0.349 e. The van der Waals surface area contributed by atoms with Crippen LogP contribution in [0.25, 0.3) is 11.3 Å². The van der Waals surface area contributed by atoms with E-state index in [2.05, 4.69) is 15.4 Å². The number of rotatable bonds is 5. The van der Waals surface area contributed by atoms with Gasteiger partial charge in [-0.2, -0.15) is 5.10 Å². The van der Waals surface area contributed by atoms with Crippen molar-refractivity contribution >= 4 is 17.2 Å². The summed E-state index contributed by atoms with van der Waals surface area (Å²) in [5.41, 5.74) is 1.69. The maximum atomic E-state index is 13.0. The lowest BCUT2D eigenvalue weighted by Crippen LogP contribution is -2.31. The fourth-order valence-corrected chi connectivity index (χ4v) is 3.32. The van der Waals surface area contributed by atoms with Crippen molar-refractivity contribution in [2.75, 3.05) is 6.54 Å². The summed E-state index contributed by atoms with van der Waals surface area (Å²) in [7, 11) is 0. The Hall–Kier alpha value is -2.87. The van der Waals surface area contributed by atoms with Crippen molar-refractivity contribution in [1.82, 2.24) is 20.1 Å². The van der Waals surface area contributed by atoms with Gasteiger partial charge in [-0.1, -0.05) is 0 Å². The summed E-state index contributed by atoms with van der Waals surface area (Å²) in [6, 6.07) is 8.88. The third-order valence-corrected chi connectivity index (χ3v) is 4.80. The molecule has 0 radical (unpaired) electrons. The number of halogens is 1. The lowest BCUT2D eigenvalue weighted by molar-refractivity contribution is 0.0955. The van der Waals surface area contributed by atoms with Gasteiger partial charge in [0.15, 0.2) is 0 Å². The first kappa shape index (κ1) is 17.9. The lowest BCUT2D eigenvalue weighted by atomic mass is 10.1. The third kappa shape index (κ3) is 4.02. The van der Waals surface area contributed by atoms with Crippen molar-refractivity contribution in [2.45, 2.75) is 20.4 Å². The van der Waals surface area contributed by atoms with E-state index >= 15 is 0 Å². The molecule has 0 unspecified atom stereocenters. The fourth-order valence-electron chi connectivity index (χ4n) is 2.48. The van der Waals surface area contributed by atoms with Gasteiger partial charge >= 0.3 is 0 Å². The Kier molecular flexibility index (Phi) is 5.22. The van der Waals surface area contributed by atoms with Gasteiger partial charge < -0.3 is 5.32 Å². The van der Waals surface area contributed by atoms with Gasteiger partial charge in [-0.15, -0.1) is 11.3 Å². The average Bonchev–Trinajstić information content (AvgIpc) is 2.95. The monoisotopic (exact) mass is 372 g/mol. The molecule has 3 rings (SSSR count). The van der Waals surface area contributed by atoms with E-state index in [1.807, 2.05) is 6.92 Å². The number of aromatic nitrogens is 3. The second-order valence-electron chi connectivity index (χ2n) is 5.69. The molecule has 0 saturated carbocycles. The van der Waals surface area contributed by atoms with Crippen LogP contribution in [0.5, 0.6) is 0 Å². The Morgan fingerprint density at radius 3 is 2.58 bits per heavy atom. The van der Waals surface area contributed by atoms with Gasteiger partial charge in [0.2, 0.25) is 0 Å². The Morgan fingerprint density at radius 1 is 1.19 bits per heavy atom. The van der Waals surface area contributed by atoms with Crippen molar-refractivity contribution in [3.05, 3.63) is 68.1 Å². The molecule has 8 heteroatoms. The first-order valence-electron chi connectivity index (χ1n) is 8.00. The van der Waals surface area contributed by atoms with E-state index in [0.29, 0.717) is 21.8 Å². The molecule has 1 amide bonds. The van der Waals surface area contributed by atoms with Gasteiger partial charge in [-0.25, -0.2) is 14.1 Å². The molecule has 3 aromatic rings. The summed E-state index contributed by atoms with van der Waals surface area (Å²) >= 11 is 1.33. The maximum absolute atomic E-state index is 13.0. The number of nitrogens with one attached hydrogen (secondary N) is 1. The Bertz CT molecular complexity index is 995. The van der Waals surface area contributed by atoms with Gasteiger partial charge in [0.25, 0.3) is 11.5 Å². The van der Waals surface area contributed by atoms with Gasteiger partial charge in [0.05, 0.1) is 22.9 Å². The van der Waals surface area contributed by atoms with Gasteiger partial charge in [0.1, 0.15) is 10.7 Å². The van der Waals surface area contributed by atoms with Crippen LogP contribution in [-0.4, -0.2) is 27.2 Å². The summed E-state index contributed by atoms with van der Waals surface area (Å²) in [4.78, 5) is 29.0. The molecule has 0 saturated heterocycles. The number of amides is 1. The zero-order valence-electron chi connectivity index (χ0n) is 14.3. The molecule has 1 N–H and O–H groups in total. The largest absolute Gasteiger partial charge is 0.349 e. The highest BCUT2D eigenvalue weighted by Crippen LogP contribution is 2.17. The fraction of sp³-hybridized carbons (Fsp3) is 0.222. The number of carbonyl (C=O) groups excluding carboxylic acids is 1. The van der Waals surface area contributed by atoms with E-state index < -0.39 is 0 Å². The van der Waals surface area contributed by atoms with E-state index in [4.69, 9.17) is 0 Å². The van der Waals surface area contributed by atoms with Gasteiger partial charge in [0, 0.05) is 18.2 Å². The van der Waals surface area contributed by atoms with E-state index in [1.165, 1.54) is 34.2 Å². The van der Waals surface area contributed by atoms with Crippen LogP contribution in [0, 0.1) is 19.7 Å². The SMILES string of the molecule is Cc1nc(C)c(C(=O)NCCn2nc(-c3ccc(F)cc3)ccc2=O)s1. The van der Waals surface area contributed by atoms with Crippen molar-refractivity contribution in [3.8, 4) is 11.3 Å². The highest BCUT2D eigenvalue weighted by atomic mass is 32.1. The molecule has 2 aromatic heterocycles. The second kappa shape index (κ2) is 7.57. The molecule has 0 fully saturated rings. The van der Waals surface area contributed by atoms with Crippen molar-refractivity contribution in [2.24, 2.45) is 0 Å². The van der Waals surface area contributed by atoms with Crippen LogP contribution in [-0.2, 0) is 6.54 Å². The van der Waals surface area contributed by atoms with E-state index in [1.54, 1.807) is 25.1 Å². The van der Waals surface area contributed by atoms with Crippen molar-refractivity contribution in [1.29, 1.82) is 0 Å². The Balaban J connectivity index is 1.69. The van der Waals surface area contributed by atoms with Crippen molar-refractivity contribution < 1.29 is 9.18 Å². The summed E-state index contributed by atoms with van der Waals surface area (Å²) in [5, 5.41) is 7.89. The standard InChI is InChI=1S/C18H17FN4O2S/c1-11-17(26-12(2)21-11)18(25)20-9-10-23-16(24)8-7-15(22-23)13-3-5-14(19)6-4-13/h3-8H,9-10H2,1-2H3,(H,20,25). The minimum absolute atomic E-state index is 0.212. The summed E-state index contributed by atoms with van der Waals surface area (Å²) < 4.78 is 14.3. The summed E-state index contributed by atoms with van der Waals surface area (Å²) in [6.45, 7) is 4.13. The molecular weight excluding hydrogens is 355 g/mol. The smallest absolute Gasteiger partial charge is 0.266 e. The predicted molar refractivity (Wildman–Crippen MR) is 97.8 cm³/mol. The normalized spacial score (nSPS) is 10.7. The molecule has 0 spiro atoms. The van der Waals surface area contributed by atoms with E-state index in [0.717, 1.165) is 5.01 Å². The van der Waals surface area contributed by atoms with E-state index in [-0.39, 0.29) is 30.4 Å². The molecule has 0 bridgehead atoms. The highest BCUT2D eigenvalue weighted by molar-refractivity contribution is 7.13. The van der Waals surface area contributed by atoms with Gasteiger partial charge in [-0.05, 0) is 44.2 Å². The number of benzene rings is 1. The molecule has 26 heavy (non-hydrogen) atoms. The first-order valence-corrected chi connectivity index (χ1v) is 8.82. The molecule has 0 aliphatic heterocycles. The minimum atomic E-state index is -0.335. The number of nitrogens with zero attached hydrogens (tertiary/aromatic N) is 3. The zero-order chi connectivity index (χ0) is 18.7. The first-order chi connectivity index (χ1) is 12.4. The zero-order valence-corrected chi connectivity index (χ0v) is 15.1. The quantitative estimate of drug-likeness (QED) is 0.747. The molecule has 0 aliphatic rings. The molecule has 0 atom stereocenters. The number of hydrogen-bond acceptors (Lipinski definition) is 5. The molecule has 1 aromatic carbocycles. The van der Waals surface area contributed by atoms with Crippen LogP contribution in [0.3, 0.4) is 0 Å². The molecule has 6 nitrogen and oxygen atoms in total. The van der Waals surface area contributed by atoms with Crippen molar-refractivity contribution in [3.63, 3.8) is 0 Å². The highest BCUT2D eigenvalue weighted by Gasteiger charge is 2.13. The van der Waals surface area contributed by atoms with Crippen LogP contribution >= 0.6 is 11.3 Å². The molecular formula is C18H17FN4O2S. The topological polar surface area (TPSA) is 76.9 Å². The third-order valence-electron chi connectivity index (χ3n) is 3.73. The maximum Gasteiger partial charge on any atom is 0.266 e. The van der Waals surface area contributed by atoms with Crippen LogP contribution in [0.15, 0.2) is 41.2 Å². The number of hydrogen-bond donors (Lipinski definition) is 1. The second-order valence-corrected chi connectivity index (χ2v) is 6.89. The number of aryl methyl sites for hydroxylation is 2. The van der Waals surface area contributed by atoms with Crippen LogP contribution < -0.4 is 10.9 Å². The van der Waals surface area contributed by atoms with Crippen LogP contribution in [0.4, 0.5) is 4.39 Å². The summed E-state index contributed by atoms with van der Waals surface area (Å²) in [6.07, 6.45) is 0. The summed E-state index contributed by atoms with van der Waals surface area (Å²) in [5.74, 6) is -0.547. The van der Waals surface area contributed by atoms with Crippen LogP contribution in [0.1, 0.15) is 20.4 Å². The lowest BCUT2D eigenvalue weighted by Gasteiger charge is -2.08. The predicted octanol–water partition coefficient (Wildman–Crippen LogP) is 2.55. The molecule has 2 heterocycles. The number of carbonyl (C=O) groups is 1. The Labute approximate surface area is 153 Å². The number of thiazole rings is 1. The average molecular weight is 372 g/mol. The van der Waals surface area contributed by atoms with Crippen LogP contribution in [0.2, 0.25) is 0 Å². The van der Waals surface area contributed by atoms with E-state index in [9.17, 15) is 14.0 Å².